The van der Waals surface area contributed by atoms with Gasteiger partial charge in [0.15, 0.2) is 0 Å². The number of ether oxygens (including phenoxy) is 1. The van der Waals surface area contributed by atoms with Crippen LogP contribution in [0.2, 0.25) is 0 Å². The van der Waals surface area contributed by atoms with Gasteiger partial charge in [0, 0.05) is 0 Å². The van der Waals surface area contributed by atoms with Crippen LogP contribution in [0.1, 0.15) is 0 Å². The number of para-hydroxylation sites is 1. The summed E-state index contributed by atoms with van der Waals surface area (Å²) in [5, 5.41) is 1.74. The summed E-state index contributed by atoms with van der Waals surface area (Å²) in [5.74, 6) is 0.394. The van der Waals surface area contributed by atoms with E-state index >= 15 is 0 Å². The van der Waals surface area contributed by atoms with Gasteiger partial charge in [-0.2, -0.15) is 0 Å². The van der Waals surface area contributed by atoms with Gasteiger partial charge in [0.25, 0.3) is 0 Å². The SMILES string of the molecule is O=C(Oc1ccccc1)C1C=CSS1. The molecule has 2 rings (SSSR count). The minimum Gasteiger partial charge on any atom is -0.425 e. The van der Waals surface area contributed by atoms with Crippen molar-refractivity contribution in [2.75, 3.05) is 0 Å². The van der Waals surface area contributed by atoms with Gasteiger partial charge in [-0.3, -0.25) is 4.79 Å². The van der Waals surface area contributed by atoms with Gasteiger partial charge >= 0.3 is 5.97 Å². The van der Waals surface area contributed by atoms with E-state index in [1.807, 2.05) is 29.7 Å². The second-order valence-corrected chi connectivity index (χ2v) is 5.00. The zero-order valence-corrected chi connectivity index (χ0v) is 8.88. The predicted molar refractivity (Wildman–Crippen MR) is 60.2 cm³/mol. The highest BCUT2D eigenvalue weighted by Crippen LogP contribution is 2.36. The molecular formula is C10H8O2S2. The maximum absolute atomic E-state index is 11.5. The summed E-state index contributed by atoms with van der Waals surface area (Å²) < 4.78 is 5.17. The lowest BCUT2D eigenvalue weighted by molar-refractivity contribution is -0.132. The van der Waals surface area contributed by atoms with Crippen molar-refractivity contribution in [1.82, 2.24) is 0 Å². The Morgan fingerprint density at radius 2 is 2.07 bits per heavy atom. The summed E-state index contributed by atoms with van der Waals surface area (Å²) >= 11 is 0. The lowest BCUT2D eigenvalue weighted by Crippen LogP contribution is -2.18. The van der Waals surface area contributed by atoms with Gasteiger partial charge in [0.2, 0.25) is 0 Å². The molecule has 1 aromatic rings. The number of carbonyl (C=O) groups excluding carboxylic acids is 1. The maximum atomic E-state index is 11.5. The van der Waals surface area contributed by atoms with Crippen LogP contribution in [0.5, 0.6) is 5.75 Å². The first-order valence-corrected chi connectivity index (χ1v) is 6.39. The molecule has 4 heteroatoms. The van der Waals surface area contributed by atoms with E-state index < -0.39 is 0 Å². The van der Waals surface area contributed by atoms with E-state index in [2.05, 4.69) is 0 Å². The average molecular weight is 224 g/mol. The average Bonchev–Trinajstić information content (AvgIpc) is 2.72. The topological polar surface area (TPSA) is 26.3 Å². The molecule has 1 aromatic carbocycles. The van der Waals surface area contributed by atoms with E-state index in [9.17, 15) is 4.79 Å². The van der Waals surface area contributed by atoms with E-state index in [1.165, 1.54) is 10.8 Å². The van der Waals surface area contributed by atoms with Crippen molar-refractivity contribution in [2.45, 2.75) is 5.25 Å². The summed E-state index contributed by atoms with van der Waals surface area (Å²) in [6.07, 6.45) is 1.85. The molecular weight excluding hydrogens is 216 g/mol. The number of carbonyl (C=O) groups is 1. The van der Waals surface area contributed by atoms with Crippen LogP contribution >= 0.6 is 21.6 Å². The van der Waals surface area contributed by atoms with Crippen LogP contribution in [0.4, 0.5) is 0 Å². The Balaban J connectivity index is 1.98. The predicted octanol–water partition coefficient (Wildman–Crippen LogP) is 2.87. The molecule has 0 radical (unpaired) electrons. The first-order valence-electron chi connectivity index (χ1n) is 4.12. The summed E-state index contributed by atoms with van der Waals surface area (Å²) in [6, 6.07) is 9.12. The van der Waals surface area contributed by atoms with Crippen molar-refractivity contribution in [3.05, 3.63) is 41.8 Å². The van der Waals surface area contributed by atoms with Crippen LogP contribution in [-0.2, 0) is 4.79 Å². The quantitative estimate of drug-likeness (QED) is 0.438. The normalized spacial score (nSPS) is 19.6. The van der Waals surface area contributed by atoms with Crippen LogP contribution in [0.25, 0.3) is 0 Å². The number of hydrogen-bond acceptors (Lipinski definition) is 4. The molecule has 0 bridgehead atoms. The molecule has 2 nitrogen and oxygen atoms in total. The molecule has 0 saturated heterocycles. The van der Waals surface area contributed by atoms with Crippen LogP contribution in [-0.4, -0.2) is 11.2 Å². The van der Waals surface area contributed by atoms with Crippen molar-refractivity contribution in [3.63, 3.8) is 0 Å². The van der Waals surface area contributed by atoms with E-state index in [1.54, 1.807) is 22.9 Å². The first kappa shape index (κ1) is 9.68. The monoisotopic (exact) mass is 224 g/mol. The van der Waals surface area contributed by atoms with Crippen LogP contribution < -0.4 is 4.74 Å². The molecule has 0 N–H and O–H groups in total. The summed E-state index contributed by atoms with van der Waals surface area (Å²) in [7, 11) is 3.06. The van der Waals surface area contributed by atoms with Crippen molar-refractivity contribution in [1.29, 1.82) is 0 Å². The molecule has 0 aromatic heterocycles. The lowest BCUT2D eigenvalue weighted by Gasteiger charge is -2.06. The molecule has 0 amide bonds. The third kappa shape index (κ3) is 2.33. The van der Waals surface area contributed by atoms with E-state index in [4.69, 9.17) is 4.74 Å². The molecule has 1 atom stereocenters. The van der Waals surface area contributed by atoms with Crippen LogP contribution in [0.15, 0.2) is 41.8 Å². The van der Waals surface area contributed by atoms with Gasteiger partial charge in [0.1, 0.15) is 11.0 Å². The largest absolute Gasteiger partial charge is 0.425 e. The first-order chi connectivity index (χ1) is 6.86. The Hall–Kier alpha value is -0.870. The third-order valence-corrected chi connectivity index (χ3v) is 3.89. The Morgan fingerprint density at radius 1 is 1.29 bits per heavy atom. The molecule has 14 heavy (non-hydrogen) atoms. The molecule has 0 aliphatic carbocycles. The molecule has 1 aliphatic rings. The Morgan fingerprint density at radius 3 is 2.71 bits per heavy atom. The fourth-order valence-corrected chi connectivity index (χ4v) is 2.95. The van der Waals surface area contributed by atoms with Gasteiger partial charge in [-0.15, -0.1) is 0 Å². The van der Waals surface area contributed by atoms with Gasteiger partial charge in [0.05, 0.1) is 0 Å². The summed E-state index contributed by atoms with van der Waals surface area (Å²) in [5.41, 5.74) is 0. The lowest BCUT2D eigenvalue weighted by atomic mass is 10.3. The minimum absolute atomic E-state index is 0.166. The summed E-state index contributed by atoms with van der Waals surface area (Å²) in [4.78, 5) is 11.5. The highest BCUT2D eigenvalue weighted by atomic mass is 33.1. The fraction of sp³-hybridized carbons (Fsp3) is 0.100. The highest BCUT2D eigenvalue weighted by Gasteiger charge is 2.21. The molecule has 1 aliphatic heterocycles. The fourth-order valence-electron chi connectivity index (χ4n) is 1.01. The number of rotatable bonds is 2. The van der Waals surface area contributed by atoms with Crippen LogP contribution in [0.3, 0.4) is 0 Å². The maximum Gasteiger partial charge on any atom is 0.329 e. The second-order valence-electron chi connectivity index (χ2n) is 2.68. The molecule has 0 saturated carbocycles. The smallest absolute Gasteiger partial charge is 0.329 e. The van der Waals surface area contributed by atoms with Gasteiger partial charge in [-0.05, 0) is 17.5 Å². The Labute approximate surface area is 90.1 Å². The molecule has 72 valence electrons. The van der Waals surface area contributed by atoms with E-state index in [0.717, 1.165) is 0 Å². The van der Waals surface area contributed by atoms with Gasteiger partial charge in [-0.1, -0.05) is 45.9 Å². The number of benzene rings is 1. The van der Waals surface area contributed by atoms with Crippen LogP contribution in [0, 0.1) is 0 Å². The Bertz CT molecular complexity index is 348. The molecule has 0 fully saturated rings. The second kappa shape index (κ2) is 4.57. The van der Waals surface area contributed by atoms with E-state index in [-0.39, 0.29) is 11.2 Å². The number of esters is 1. The van der Waals surface area contributed by atoms with Crippen molar-refractivity contribution < 1.29 is 9.53 Å². The third-order valence-electron chi connectivity index (χ3n) is 1.66. The molecule has 1 unspecified atom stereocenters. The zero-order valence-electron chi connectivity index (χ0n) is 7.25. The zero-order chi connectivity index (χ0) is 9.80. The van der Waals surface area contributed by atoms with E-state index in [0.29, 0.717) is 5.75 Å². The molecule has 1 heterocycles. The van der Waals surface area contributed by atoms with Gasteiger partial charge in [-0.25, -0.2) is 0 Å². The minimum atomic E-state index is -0.206. The van der Waals surface area contributed by atoms with Crippen molar-refractivity contribution in [3.8, 4) is 5.75 Å². The molecule has 0 spiro atoms. The summed E-state index contributed by atoms with van der Waals surface area (Å²) in [6.45, 7) is 0. The number of hydrogen-bond donors (Lipinski definition) is 0. The van der Waals surface area contributed by atoms with Crippen molar-refractivity contribution >= 4 is 27.6 Å². The highest BCUT2D eigenvalue weighted by molar-refractivity contribution is 8.78. The standard InChI is InChI=1S/C10H8O2S2/c11-10(9-6-7-13-14-9)12-8-4-2-1-3-5-8/h1-7,9H. The Kier molecular flexibility index (Phi) is 3.16. The van der Waals surface area contributed by atoms with Crippen molar-refractivity contribution in [2.24, 2.45) is 0 Å². The van der Waals surface area contributed by atoms with Gasteiger partial charge < -0.3 is 4.74 Å².